The van der Waals surface area contributed by atoms with Crippen LogP contribution in [0.1, 0.15) is 23.7 Å². The van der Waals surface area contributed by atoms with Gasteiger partial charge in [-0.15, -0.1) is 0 Å². The van der Waals surface area contributed by atoms with Gasteiger partial charge in [-0.25, -0.2) is 4.98 Å². The molecule has 19 heavy (non-hydrogen) atoms. The third-order valence-corrected chi connectivity index (χ3v) is 3.16. The lowest BCUT2D eigenvalue weighted by molar-refractivity contribution is -0.140. The first-order chi connectivity index (χ1) is 8.93. The molecule has 0 amide bonds. The maximum Gasteiger partial charge on any atom is 0.434 e. The maximum atomic E-state index is 12.6. The van der Waals surface area contributed by atoms with Gasteiger partial charge >= 0.3 is 6.18 Å². The molecule has 1 aliphatic rings. The molecule has 1 aliphatic heterocycles. The summed E-state index contributed by atoms with van der Waals surface area (Å²) in [5.74, 6) is 0.257. The number of aryl methyl sites for hydroxylation is 2. The number of aromatic nitrogens is 4. The molecule has 0 radical (unpaired) electrons. The number of nitrogens with zero attached hydrogens (tertiary/aromatic N) is 4. The van der Waals surface area contributed by atoms with Crippen LogP contribution in [0.2, 0.25) is 0 Å². The number of fused-ring (bicyclic) bond motifs is 1. The molecule has 0 bridgehead atoms. The summed E-state index contributed by atoms with van der Waals surface area (Å²) >= 11 is 0. The third-order valence-electron chi connectivity index (χ3n) is 3.16. The number of imidazole rings is 1. The summed E-state index contributed by atoms with van der Waals surface area (Å²) in [6.45, 7) is 0.505. The number of alkyl halides is 3. The third kappa shape index (κ3) is 2.18. The van der Waals surface area contributed by atoms with Crippen molar-refractivity contribution in [3.8, 4) is 0 Å². The number of anilines is 1. The first-order valence-corrected chi connectivity index (χ1v) is 5.83. The van der Waals surface area contributed by atoms with E-state index in [-0.39, 0.29) is 12.0 Å². The highest BCUT2D eigenvalue weighted by molar-refractivity contribution is 5.36. The van der Waals surface area contributed by atoms with Gasteiger partial charge in [0.25, 0.3) is 0 Å². The second kappa shape index (κ2) is 4.01. The first-order valence-electron chi connectivity index (χ1n) is 5.83. The van der Waals surface area contributed by atoms with E-state index in [0.717, 1.165) is 11.8 Å². The average Bonchev–Trinajstić information content (AvgIpc) is 2.92. The minimum Gasteiger partial charge on any atom is -0.349 e. The number of nitrogens with one attached hydrogen (secondary N) is 1. The van der Waals surface area contributed by atoms with Gasteiger partial charge in [0.2, 0.25) is 5.95 Å². The van der Waals surface area contributed by atoms with E-state index in [4.69, 9.17) is 0 Å². The van der Waals surface area contributed by atoms with Gasteiger partial charge in [-0.1, -0.05) is 0 Å². The van der Waals surface area contributed by atoms with Gasteiger partial charge in [-0.2, -0.15) is 18.3 Å². The Hall–Kier alpha value is -1.99. The molecule has 5 nitrogen and oxygen atoms in total. The summed E-state index contributed by atoms with van der Waals surface area (Å²) in [7, 11) is 1.80. The largest absolute Gasteiger partial charge is 0.434 e. The Morgan fingerprint density at radius 3 is 2.79 bits per heavy atom. The normalized spacial score (nSPS) is 19.1. The first kappa shape index (κ1) is 12.1. The minimum atomic E-state index is -4.41. The van der Waals surface area contributed by atoms with Crippen LogP contribution in [0, 0.1) is 0 Å². The molecule has 0 saturated carbocycles. The molecular formula is C11H12F3N5. The lowest BCUT2D eigenvalue weighted by Crippen LogP contribution is -2.21. The maximum absolute atomic E-state index is 12.6. The molecule has 1 atom stereocenters. The fourth-order valence-electron chi connectivity index (χ4n) is 2.20. The highest BCUT2D eigenvalue weighted by Gasteiger charge is 2.36. The molecule has 0 aromatic carbocycles. The molecule has 3 rings (SSSR count). The summed E-state index contributed by atoms with van der Waals surface area (Å²) < 4.78 is 40.9. The van der Waals surface area contributed by atoms with Crippen LogP contribution >= 0.6 is 0 Å². The van der Waals surface area contributed by atoms with Crippen LogP contribution in [0.15, 0.2) is 18.6 Å². The molecule has 2 aromatic rings. The monoisotopic (exact) mass is 271 g/mol. The van der Waals surface area contributed by atoms with E-state index in [9.17, 15) is 13.2 Å². The van der Waals surface area contributed by atoms with Crippen LogP contribution in [0.3, 0.4) is 0 Å². The highest BCUT2D eigenvalue weighted by atomic mass is 19.4. The standard InChI is InChI=1S/C11H12F3N5/c1-18-5-7(4-15-18)8-2-3-19-6-9(11(12,13)14)17-10(19)16-8/h4-6,8H,2-3H2,1H3,(H,16,17). The van der Waals surface area contributed by atoms with E-state index in [0.29, 0.717) is 13.0 Å². The van der Waals surface area contributed by atoms with Crippen molar-refractivity contribution >= 4 is 5.95 Å². The smallest absolute Gasteiger partial charge is 0.349 e. The molecule has 0 spiro atoms. The molecule has 0 aliphatic carbocycles. The van der Waals surface area contributed by atoms with Crippen LogP contribution in [0.4, 0.5) is 19.1 Å². The fourth-order valence-corrected chi connectivity index (χ4v) is 2.20. The summed E-state index contributed by atoms with van der Waals surface area (Å²) in [4.78, 5) is 3.60. The van der Waals surface area contributed by atoms with E-state index >= 15 is 0 Å². The predicted molar refractivity (Wildman–Crippen MR) is 61.4 cm³/mol. The molecule has 0 fully saturated rings. The van der Waals surface area contributed by atoms with E-state index < -0.39 is 11.9 Å². The zero-order valence-corrected chi connectivity index (χ0v) is 10.1. The molecule has 8 heteroatoms. The molecule has 3 heterocycles. The van der Waals surface area contributed by atoms with Crippen molar-refractivity contribution in [2.24, 2.45) is 7.05 Å². The predicted octanol–water partition coefficient (Wildman–Crippen LogP) is 2.19. The number of halogens is 3. The van der Waals surface area contributed by atoms with Gasteiger partial charge in [-0.05, 0) is 6.42 Å². The van der Waals surface area contributed by atoms with E-state index in [1.165, 1.54) is 4.57 Å². The van der Waals surface area contributed by atoms with Crippen LogP contribution in [-0.2, 0) is 19.8 Å². The lowest BCUT2D eigenvalue weighted by Gasteiger charge is -2.24. The van der Waals surface area contributed by atoms with E-state index in [2.05, 4.69) is 15.4 Å². The zero-order chi connectivity index (χ0) is 13.6. The van der Waals surface area contributed by atoms with Crippen molar-refractivity contribution in [3.05, 3.63) is 29.8 Å². The number of rotatable bonds is 1. The minimum absolute atomic E-state index is 0.0512. The number of hydrogen-bond acceptors (Lipinski definition) is 3. The van der Waals surface area contributed by atoms with E-state index in [1.54, 1.807) is 17.9 Å². The Morgan fingerprint density at radius 1 is 1.37 bits per heavy atom. The van der Waals surface area contributed by atoms with Gasteiger partial charge in [0, 0.05) is 31.5 Å². The average molecular weight is 271 g/mol. The fraction of sp³-hybridized carbons (Fsp3) is 0.455. The zero-order valence-electron chi connectivity index (χ0n) is 10.1. The summed E-state index contributed by atoms with van der Waals surface area (Å²) in [5.41, 5.74) is 0.0899. The van der Waals surface area contributed by atoms with Crippen molar-refractivity contribution < 1.29 is 13.2 Å². The Labute approximate surface area is 107 Å². The van der Waals surface area contributed by atoms with Crippen molar-refractivity contribution in [1.29, 1.82) is 0 Å². The molecule has 0 saturated heterocycles. The van der Waals surface area contributed by atoms with Gasteiger partial charge in [-0.3, -0.25) is 4.68 Å². The van der Waals surface area contributed by atoms with Crippen LogP contribution in [0.25, 0.3) is 0 Å². The molecular weight excluding hydrogens is 259 g/mol. The van der Waals surface area contributed by atoms with Crippen molar-refractivity contribution in [2.45, 2.75) is 25.2 Å². The molecule has 2 aromatic heterocycles. The van der Waals surface area contributed by atoms with Gasteiger partial charge in [0.1, 0.15) is 0 Å². The van der Waals surface area contributed by atoms with Gasteiger partial charge < -0.3 is 9.88 Å². The van der Waals surface area contributed by atoms with Crippen LogP contribution in [0.5, 0.6) is 0 Å². The van der Waals surface area contributed by atoms with Crippen molar-refractivity contribution in [2.75, 3.05) is 5.32 Å². The second-order valence-corrected chi connectivity index (χ2v) is 4.57. The Bertz CT molecular complexity index is 598. The number of hydrogen-bond donors (Lipinski definition) is 1. The Balaban J connectivity index is 1.86. The van der Waals surface area contributed by atoms with E-state index in [1.807, 2.05) is 6.20 Å². The van der Waals surface area contributed by atoms with Crippen LogP contribution in [-0.4, -0.2) is 19.3 Å². The summed E-state index contributed by atoms with van der Waals surface area (Å²) in [6.07, 6.45) is 0.895. The van der Waals surface area contributed by atoms with Crippen molar-refractivity contribution in [3.63, 3.8) is 0 Å². The topological polar surface area (TPSA) is 47.7 Å². The van der Waals surface area contributed by atoms with Crippen LogP contribution < -0.4 is 5.32 Å². The van der Waals surface area contributed by atoms with Gasteiger partial charge in [0.15, 0.2) is 5.69 Å². The molecule has 102 valence electrons. The molecule has 1 unspecified atom stereocenters. The lowest BCUT2D eigenvalue weighted by atomic mass is 10.1. The molecule has 1 N–H and O–H groups in total. The van der Waals surface area contributed by atoms with Crippen molar-refractivity contribution in [1.82, 2.24) is 19.3 Å². The van der Waals surface area contributed by atoms with Gasteiger partial charge in [0.05, 0.1) is 12.2 Å². The summed E-state index contributed by atoms with van der Waals surface area (Å²) in [6, 6.07) is -0.0512. The SMILES string of the molecule is Cn1cc(C2CCn3cc(C(F)(F)F)nc3N2)cn1. The second-order valence-electron chi connectivity index (χ2n) is 4.57. The Morgan fingerprint density at radius 2 is 2.16 bits per heavy atom. The quantitative estimate of drug-likeness (QED) is 0.865. The summed E-state index contributed by atoms with van der Waals surface area (Å²) in [5, 5.41) is 7.08. The highest BCUT2D eigenvalue weighted by Crippen LogP contribution is 2.33. The Kier molecular flexibility index (Phi) is 2.54.